The number of carbonyl (C=O) groups is 1. The lowest BCUT2D eigenvalue weighted by Crippen LogP contribution is -2.40. The van der Waals surface area contributed by atoms with Crippen LogP contribution in [-0.4, -0.2) is 34.0 Å². The number of nitrogens with zero attached hydrogens (tertiary/aromatic N) is 2. The lowest BCUT2D eigenvalue weighted by atomic mass is 10.2. The number of amides is 1. The summed E-state index contributed by atoms with van der Waals surface area (Å²) in [5, 5.41) is 0.567. The smallest absolute Gasteiger partial charge is 0.422 e. The van der Waals surface area contributed by atoms with Gasteiger partial charge in [-0.2, -0.15) is 0 Å². The van der Waals surface area contributed by atoms with Crippen LogP contribution in [-0.2, 0) is 22.6 Å². The van der Waals surface area contributed by atoms with Crippen LogP contribution >= 0.6 is 11.3 Å². The minimum atomic E-state index is -0.593. The zero-order valence-corrected chi connectivity index (χ0v) is 19.0. The summed E-state index contributed by atoms with van der Waals surface area (Å²) in [7, 11) is 0. The van der Waals surface area contributed by atoms with Crippen LogP contribution in [0.15, 0.2) is 9.59 Å². The van der Waals surface area contributed by atoms with Crippen molar-refractivity contribution < 1.29 is 14.3 Å². The van der Waals surface area contributed by atoms with E-state index < -0.39 is 11.7 Å². The number of hydrazine groups is 1. The quantitative estimate of drug-likeness (QED) is 0.485. The Kier molecular flexibility index (Phi) is 6.68. The van der Waals surface area contributed by atoms with E-state index in [1.54, 1.807) is 25.3 Å². The number of carbonyl (C=O) groups excluding carboxylic acids is 1. The number of hydrogen-bond donors (Lipinski definition) is 2. The zero-order valence-electron chi connectivity index (χ0n) is 18.2. The summed E-state index contributed by atoms with van der Waals surface area (Å²) in [5.41, 5.74) is 5.07. The number of aromatic nitrogens is 2. The highest BCUT2D eigenvalue weighted by Gasteiger charge is 2.30. The number of ether oxygens (including phenoxy) is 2. The topological polar surface area (TPSA) is 104 Å². The third kappa shape index (κ3) is 4.93. The lowest BCUT2D eigenvalue weighted by molar-refractivity contribution is 0.0497. The lowest BCUT2D eigenvalue weighted by Gasteiger charge is -2.19. The van der Waals surface area contributed by atoms with Gasteiger partial charge in [0.2, 0.25) is 0 Å². The van der Waals surface area contributed by atoms with Crippen LogP contribution in [0.5, 0.6) is 0 Å². The van der Waals surface area contributed by atoms with E-state index in [-0.39, 0.29) is 17.3 Å². The van der Waals surface area contributed by atoms with Gasteiger partial charge >= 0.3 is 11.8 Å². The fraction of sp³-hybridized carbons (Fsp3) is 0.650. The van der Waals surface area contributed by atoms with Crippen LogP contribution < -0.4 is 22.1 Å². The van der Waals surface area contributed by atoms with Gasteiger partial charge in [-0.25, -0.2) is 15.0 Å². The maximum Gasteiger partial charge on any atom is 0.422 e. The molecule has 1 aliphatic carbocycles. The van der Waals surface area contributed by atoms with Crippen LogP contribution in [0.2, 0.25) is 0 Å². The fourth-order valence-corrected chi connectivity index (χ4v) is 4.49. The van der Waals surface area contributed by atoms with Crippen molar-refractivity contribution in [3.8, 4) is 0 Å². The summed E-state index contributed by atoms with van der Waals surface area (Å²) in [5.74, 6) is 0. The first-order chi connectivity index (χ1) is 14.1. The predicted molar refractivity (Wildman–Crippen MR) is 116 cm³/mol. The number of rotatable bonds is 8. The molecule has 0 aliphatic heterocycles. The minimum absolute atomic E-state index is 0.0116. The van der Waals surface area contributed by atoms with Gasteiger partial charge in [-0.05, 0) is 53.0 Å². The van der Waals surface area contributed by atoms with Gasteiger partial charge in [0, 0.05) is 24.1 Å². The van der Waals surface area contributed by atoms with Gasteiger partial charge in [-0.15, -0.1) is 11.3 Å². The molecule has 30 heavy (non-hydrogen) atoms. The van der Waals surface area contributed by atoms with Crippen LogP contribution in [0.4, 0.5) is 4.79 Å². The molecule has 1 aliphatic rings. The third-order valence-corrected chi connectivity index (χ3v) is 6.07. The van der Waals surface area contributed by atoms with E-state index in [0.717, 1.165) is 23.3 Å². The fourth-order valence-electron chi connectivity index (χ4n) is 3.23. The number of fused-ring (bicyclic) bond motifs is 1. The molecule has 0 unspecified atom stereocenters. The summed E-state index contributed by atoms with van der Waals surface area (Å²) in [4.78, 5) is 39.5. The van der Waals surface area contributed by atoms with Gasteiger partial charge < -0.3 is 9.47 Å². The SMILES string of the molecule is CCOCCn1c(=O)n(C2CC2)c(=O)c2c(C)c(CNNC(=O)OC(C)(C)C)sc21. The van der Waals surface area contributed by atoms with Crippen molar-refractivity contribution in [2.45, 2.75) is 72.2 Å². The Hall–Kier alpha value is -2.17. The normalized spacial score (nSPS) is 14.3. The summed E-state index contributed by atoms with van der Waals surface area (Å²) in [6.45, 7) is 10.8. The van der Waals surface area contributed by atoms with Gasteiger partial charge in [0.15, 0.2) is 0 Å². The van der Waals surface area contributed by atoms with Gasteiger partial charge in [-0.1, -0.05) is 0 Å². The number of aryl methyl sites for hydroxylation is 1. The highest BCUT2D eigenvalue weighted by Crippen LogP contribution is 2.34. The van der Waals surface area contributed by atoms with Crippen LogP contribution in [0.3, 0.4) is 0 Å². The molecule has 3 rings (SSSR count). The Morgan fingerprint density at radius 1 is 1.27 bits per heavy atom. The van der Waals surface area contributed by atoms with Crippen molar-refractivity contribution in [2.75, 3.05) is 13.2 Å². The first kappa shape index (κ1) is 22.5. The average molecular weight is 439 g/mol. The van der Waals surface area contributed by atoms with Crippen molar-refractivity contribution in [2.24, 2.45) is 0 Å². The number of thiophene rings is 1. The van der Waals surface area contributed by atoms with Gasteiger partial charge in [0.1, 0.15) is 10.4 Å². The summed E-state index contributed by atoms with van der Waals surface area (Å²) >= 11 is 1.38. The van der Waals surface area contributed by atoms with Crippen molar-refractivity contribution >= 4 is 27.6 Å². The molecule has 0 saturated heterocycles. The summed E-state index contributed by atoms with van der Waals surface area (Å²) in [6.07, 6.45) is 1.12. The molecule has 0 bridgehead atoms. The van der Waals surface area contributed by atoms with E-state index in [9.17, 15) is 14.4 Å². The molecule has 10 heteroatoms. The van der Waals surface area contributed by atoms with Crippen molar-refractivity contribution in [3.05, 3.63) is 31.3 Å². The molecule has 2 aromatic rings. The van der Waals surface area contributed by atoms with Gasteiger partial charge in [0.25, 0.3) is 5.56 Å². The number of nitrogens with one attached hydrogen (secondary N) is 2. The first-order valence-corrected chi connectivity index (χ1v) is 11.0. The van der Waals surface area contributed by atoms with E-state index in [1.807, 2.05) is 13.8 Å². The van der Waals surface area contributed by atoms with Crippen molar-refractivity contribution in [3.63, 3.8) is 0 Å². The second-order valence-electron chi connectivity index (χ2n) is 8.35. The first-order valence-electron chi connectivity index (χ1n) is 10.2. The molecule has 0 radical (unpaired) electrons. The molecule has 1 saturated carbocycles. The molecule has 2 heterocycles. The Bertz CT molecular complexity index is 1040. The number of hydrogen-bond acceptors (Lipinski definition) is 7. The molecular formula is C20H30N4O5S. The molecular weight excluding hydrogens is 408 g/mol. The molecule has 1 amide bonds. The van der Waals surface area contributed by atoms with E-state index >= 15 is 0 Å². The maximum absolute atomic E-state index is 13.1. The van der Waals surface area contributed by atoms with Crippen molar-refractivity contribution in [1.29, 1.82) is 0 Å². The molecule has 1 fully saturated rings. The molecule has 9 nitrogen and oxygen atoms in total. The molecule has 2 aromatic heterocycles. The second-order valence-corrected chi connectivity index (χ2v) is 9.43. The summed E-state index contributed by atoms with van der Waals surface area (Å²) < 4.78 is 13.7. The predicted octanol–water partition coefficient (Wildman–Crippen LogP) is 2.43. The summed E-state index contributed by atoms with van der Waals surface area (Å²) in [6, 6.07) is -0.0116. The maximum atomic E-state index is 13.1. The highest BCUT2D eigenvalue weighted by molar-refractivity contribution is 7.18. The van der Waals surface area contributed by atoms with Crippen molar-refractivity contribution in [1.82, 2.24) is 20.0 Å². The third-order valence-electron chi connectivity index (χ3n) is 4.76. The standard InChI is InChI=1S/C20H30N4O5S/c1-6-28-10-9-23-17-15(16(25)24(19(23)27)13-7-8-13)12(2)14(30-17)11-21-22-18(26)29-20(3,4)5/h13,21H,6-11H2,1-5H3,(H,22,26). The zero-order chi connectivity index (χ0) is 22.1. The van der Waals surface area contributed by atoms with E-state index in [2.05, 4.69) is 10.9 Å². The monoisotopic (exact) mass is 438 g/mol. The van der Waals surface area contributed by atoms with Crippen LogP contribution in [0.1, 0.15) is 57.0 Å². The Morgan fingerprint density at radius 3 is 2.57 bits per heavy atom. The largest absolute Gasteiger partial charge is 0.443 e. The average Bonchev–Trinajstić information content (AvgIpc) is 3.41. The van der Waals surface area contributed by atoms with Crippen LogP contribution in [0.25, 0.3) is 10.2 Å². The minimum Gasteiger partial charge on any atom is -0.443 e. The molecule has 166 valence electrons. The van der Waals surface area contributed by atoms with E-state index in [1.165, 1.54) is 15.9 Å². The van der Waals surface area contributed by atoms with Gasteiger partial charge in [0.05, 0.1) is 18.5 Å². The molecule has 0 spiro atoms. The van der Waals surface area contributed by atoms with Gasteiger partial charge in [-0.3, -0.25) is 19.4 Å². The Balaban J connectivity index is 1.90. The Morgan fingerprint density at radius 2 is 1.97 bits per heavy atom. The second kappa shape index (κ2) is 8.91. The molecule has 0 atom stereocenters. The highest BCUT2D eigenvalue weighted by atomic mass is 32.1. The van der Waals surface area contributed by atoms with E-state index in [0.29, 0.717) is 36.5 Å². The molecule has 0 aromatic carbocycles. The van der Waals surface area contributed by atoms with E-state index in [4.69, 9.17) is 9.47 Å². The molecule has 2 N–H and O–H groups in total. The van der Waals surface area contributed by atoms with Crippen LogP contribution in [0, 0.1) is 6.92 Å². The Labute approximate surface area is 178 Å².